The van der Waals surface area contributed by atoms with Crippen molar-refractivity contribution in [3.05, 3.63) is 41.5 Å². The normalized spacial score (nSPS) is 28.6. The Morgan fingerprint density at radius 1 is 1.19 bits per heavy atom. The molecule has 1 saturated heterocycles. The van der Waals surface area contributed by atoms with Gasteiger partial charge in [0.15, 0.2) is 5.79 Å². The van der Waals surface area contributed by atoms with Crippen LogP contribution in [0.3, 0.4) is 0 Å². The maximum atomic E-state index is 5.85. The number of methoxy groups -OCH3 is 1. The van der Waals surface area contributed by atoms with E-state index in [4.69, 9.17) is 14.2 Å². The molecule has 4 rings (SSSR count). The van der Waals surface area contributed by atoms with Crippen molar-refractivity contribution in [2.75, 3.05) is 26.9 Å². The molecular weight excluding hydrogens is 326 g/mol. The molecule has 1 spiro atoms. The van der Waals surface area contributed by atoms with Gasteiger partial charge in [-0.1, -0.05) is 42.0 Å². The Balaban J connectivity index is 1.31. The van der Waals surface area contributed by atoms with Gasteiger partial charge < -0.3 is 19.5 Å². The van der Waals surface area contributed by atoms with Crippen molar-refractivity contribution < 1.29 is 14.2 Å². The molecule has 1 heterocycles. The summed E-state index contributed by atoms with van der Waals surface area (Å²) < 4.78 is 17.0. The first-order chi connectivity index (χ1) is 12.8. The average Bonchev–Trinajstić information content (AvgIpc) is 3.29. The molecule has 4 nitrogen and oxygen atoms in total. The van der Waals surface area contributed by atoms with E-state index in [1.165, 1.54) is 17.6 Å². The van der Waals surface area contributed by atoms with E-state index in [0.717, 1.165) is 51.9 Å². The molecule has 4 heteroatoms. The maximum absolute atomic E-state index is 5.85. The van der Waals surface area contributed by atoms with Crippen molar-refractivity contribution in [3.63, 3.8) is 0 Å². The number of ether oxygens (including phenoxy) is 3. The molecule has 0 bridgehead atoms. The lowest BCUT2D eigenvalue weighted by atomic mass is 9.90. The lowest BCUT2D eigenvalue weighted by molar-refractivity contribution is -0.179. The summed E-state index contributed by atoms with van der Waals surface area (Å²) in [6.07, 6.45) is 8.98. The zero-order valence-electron chi connectivity index (χ0n) is 15.8. The SMILES string of the molecule is COCCC(=Cc1ccccc1)C1C[C@@H]1NC1CCC2(CC1)OCCO2. The Kier molecular flexibility index (Phi) is 5.75. The number of hydrogen-bond acceptors (Lipinski definition) is 4. The second kappa shape index (κ2) is 8.22. The van der Waals surface area contributed by atoms with Crippen molar-refractivity contribution in [2.24, 2.45) is 5.92 Å². The summed E-state index contributed by atoms with van der Waals surface area (Å²) in [4.78, 5) is 0. The second-order valence-electron chi connectivity index (χ2n) is 7.87. The summed E-state index contributed by atoms with van der Waals surface area (Å²) in [6.45, 7) is 2.31. The molecule has 0 aromatic heterocycles. The molecular formula is C22H31NO3. The van der Waals surface area contributed by atoms with E-state index in [1.807, 2.05) is 0 Å². The standard InChI is InChI=1S/C22H31NO3/c1-24-12-9-18(15-17-5-3-2-4-6-17)20-16-21(20)23-19-7-10-22(11-8-19)25-13-14-26-22/h2-6,15,19-21,23H,7-14,16H2,1H3/t20?,21-/m0/s1. The number of rotatable bonds is 7. The van der Waals surface area contributed by atoms with E-state index in [2.05, 4.69) is 41.7 Å². The largest absolute Gasteiger partial charge is 0.384 e. The van der Waals surface area contributed by atoms with Crippen LogP contribution >= 0.6 is 0 Å². The maximum Gasteiger partial charge on any atom is 0.168 e. The Hall–Kier alpha value is -1.20. The quantitative estimate of drug-likeness (QED) is 0.806. The van der Waals surface area contributed by atoms with Crippen LogP contribution in [-0.2, 0) is 14.2 Å². The van der Waals surface area contributed by atoms with E-state index < -0.39 is 0 Å². The van der Waals surface area contributed by atoms with E-state index >= 15 is 0 Å². The zero-order valence-corrected chi connectivity index (χ0v) is 15.8. The van der Waals surface area contributed by atoms with Gasteiger partial charge in [-0.2, -0.15) is 0 Å². The summed E-state index contributed by atoms with van der Waals surface area (Å²) in [6, 6.07) is 11.9. The third kappa shape index (κ3) is 4.37. The van der Waals surface area contributed by atoms with Crippen molar-refractivity contribution >= 4 is 6.08 Å². The highest BCUT2D eigenvalue weighted by Crippen LogP contribution is 2.42. The predicted octanol–water partition coefficient (Wildman–Crippen LogP) is 3.77. The van der Waals surface area contributed by atoms with Gasteiger partial charge in [0.1, 0.15) is 0 Å². The predicted molar refractivity (Wildman–Crippen MR) is 103 cm³/mol. The smallest absolute Gasteiger partial charge is 0.168 e. The molecule has 2 atom stereocenters. The van der Waals surface area contributed by atoms with Crippen LogP contribution in [0.1, 0.15) is 44.1 Å². The van der Waals surface area contributed by atoms with E-state index in [0.29, 0.717) is 18.0 Å². The van der Waals surface area contributed by atoms with Gasteiger partial charge in [0.2, 0.25) is 0 Å². The van der Waals surface area contributed by atoms with Crippen LogP contribution in [0.5, 0.6) is 0 Å². The van der Waals surface area contributed by atoms with Gasteiger partial charge in [-0.25, -0.2) is 0 Å². The molecule has 1 aromatic rings. The second-order valence-corrected chi connectivity index (χ2v) is 7.87. The van der Waals surface area contributed by atoms with Crippen molar-refractivity contribution in [3.8, 4) is 0 Å². The highest BCUT2D eigenvalue weighted by atomic mass is 16.7. The molecule has 0 amide bonds. The van der Waals surface area contributed by atoms with Gasteiger partial charge in [-0.05, 0) is 37.2 Å². The molecule has 142 valence electrons. The molecule has 1 aromatic carbocycles. The molecule has 3 aliphatic rings. The van der Waals surface area contributed by atoms with Gasteiger partial charge in [0.25, 0.3) is 0 Å². The molecule has 1 unspecified atom stereocenters. The average molecular weight is 357 g/mol. The van der Waals surface area contributed by atoms with E-state index in [-0.39, 0.29) is 5.79 Å². The third-order valence-electron chi connectivity index (χ3n) is 6.02. The topological polar surface area (TPSA) is 39.7 Å². The first-order valence-corrected chi connectivity index (χ1v) is 10.1. The van der Waals surface area contributed by atoms with Crippen molar-refractivity contribution in [1.29, 1.82) is 0 Å². The third-order valence-corrected chi connectivity index (χ3v) is 6.02. The van der Waals surface area contributed by atoms with Crippen LogP contribution in [0.15, 0.2) is 35.9 Å². The Morgan fingerprint density at radius 3 is 2.62 bits per heavy atom. The molecule has 1 N–H and O–H groups in total. The van der Waals surface area contributed by atoms with Gasteiger partial charge in [-0.15, -0.1) is 0 Å². The van der Waals surface area contributed by atoms with E-state index in [9.17, 15) is 0 Å². The summed E-state index contributed by atoms with van der Waals surface area (Å²) in [7, 11) is 1.79. The molecule has 3 fully saturated rings. The Labute approximate surface area is 156 Å². The number of benzene rings is 1. The highest BCUT2D eigenvalue weighted by molar-refractivity contribution is 5.54. The fourth-order valence-electron chi connectivity index (χ4n) is 4.45. The Bertz CT molecular complexity index is 599. The number of nitrogens with one attached hydrogen (secondary N) is 1. The lowest BCUT2D eigenvalue weighted by Gasteiger charge is -2.35. The minimum Gasteiger partial charge on any atom is -0.384 e. The minimum atomic E-state index is -0.252. The summed E-state index contributed by atoms with van der Waals surface area (Å²) in [5, 5.41) is 3.90. The van der Waals surface area contributed by atoms with Crippen LogP contribution in [0.4, 0.5) is 0 Å². The van der Waals surface area contributed by atoms with Crippen molar-refractivity contribution in [1.82, 2.24) is 5.32 Å². The van der Waals surface area contributed by atoms with Crippen molar-refractivity contribution in [2.45, 2.75) is 56.4 Å². The van der Waals surface area contributed by atoms with Gasteiger partial charge in [-0.3, -0.25) is 0 Å². The zero-order chi connectivity index (χ0) is 17.8. The Morgan fingerprint density at radius 2 is 1.92 bits per heavy atom. The van der Waals surface area contributed by atoms with Crippen LogP contribution in [0.2, 0.25) is 0 Å². The van der Waals surface area contributed by atoms with Gasteiger partial charge in [0, 0.05) is 38.6 Å². The first kappa shape index (κ1) is 18.2. The first-order valence-electron chi connectivity index (χ1n) is 10.1. The monoisotopic (exact) mass is 357 g/mol. The molecule has 2 saturated carbocycles. The summed E-state index contributed by atoms with van der Waals surface area (Å²) in [5.74, 6) is 0.401. The minimum absolute atomic E-state index is 0.252. The number of hydrogen-bond donors (Lipinski definition) is 1. The van der Waals surface area contributed by atoms with E-state index in [1.54, 1.807) is 7.11 Å². The van der Waals surface area contributed by atoms with Gasteiger partial charge in [0.05, 0.1) is 13.2 Å². The van der Waals surface area contributed by atoms with Crippen LogP contribution in [0.25, 0.3) is 6.08 Å². The summed E-state index contributed by atoms with van der Waals surface area (Å²) >= 11 is 0. The lowest BCUT2D eigenvalue weighted by Crippen LogP contribution is -2.43. The van der Waals surface area contributed by atoms with Crippen LogP contribution < -0.4 is 5.32 Å². The highest BCUT2D eigenvalue weighted by Gasteiger charge is 2.44. The fourth-order valence-corrected chi connectivity index (χ4v) is 4.45. The fraction of sp³-hybridized carbons (Fsp3) is 0.636. The van der Waals surface area contributed by atoms with Gasteiger partial charge >= 0.3 is 0 Å². The molecule has 26 heavy (non-hydrogen) atoms. The molecule has 1 aliphatic heterocycles. The van der Waals surface area contributed by atoms with Crippen LogP contribution in [-0.4, -0.2) is 44.8 Å². The summed E-state index contributed by atoms with van der Waals surface area (Å²) in [5.41, 5.74) is 2.81. The molecule has 2 aliphatic carbocycles. The van der Waals surface area contributed by atoms with Crippen LogP contribution in [0, 0.1) is 5.92 Å². The molecule has 0 radical (unpaired) electrons.